The molecule has 0 saturated heterocycles. The van der Waals surface area contributed by atoms with E-state index in [1.807, 2.05) is 60.7 Å². The molecule has 2 unspecified atom stereocenters. The molecule has 3 aromatic carbocycles. The molecule has 0 bridgehead atoms. The second-order valence-corrected chi connectivity index (χ2v) is 10.1. The van der Waals surface area contributed by atoms with E-state index in [0.717, 1.165) is 41.8 Å². The molecule has 4 N–H and O–H groups in total. The van der Waals surface area contributed by atoms with E-state index in [4.69, 9.17) is 19.9 Å². The number of esters is 1. The molecule has 0 fully saturated rings. The van der Waals surface area contributed by atoms with Gasteiger partial charge in [0.25, 0.3) is 0 Å². The zero-order valence-electron chi connectivity index (χ0n) is 23.7. The number of benzene rings is 3. The van der Waals surface area contributed by atoms with Gasteiger partial charge in [0.1, 0.15) is 23.8 Å². The second kappa shape index (κ2) is 15.8. The van der Waals surface area contributed by atoms with Gasteiger partial charge in [-0.3, -0.25) is 4.79 Å². The summed E-state index contributed by atoms with van der Waals surface area (Å²) in [4.78, 5) is 14.0. The normalized spacial score (nSPS) is 15.3. The summed E-state index contributed by atoms with van der Waals surface area (Å²) >= 11 is 0. The van der Waals surface area contributed by atoms with Crippen molar-refractivity contribution < 1.29 is 24.2 Å². The molecule has 0 amide bonds. The zero-order chi connectivity index (χ0) is 28.9. The van der Waals surface area contributed by atoms with Crippen molar-refractivity contribution in [3.05, 3.63) is 89.5 Å². The maximum atomic E-state index is 11.8. The monoisotopic (exact) mass is 559 g/mol. The first-order valence-electron chi connectivity index (χ1n) is 14.4. The van der Waals surface area contributed by atoms with Crippen LogP contribution in [-0.4, -0.2) is 49.7 Å². The van der Waals surface area contributed by atoms with Crippen LogP contribution in [0, 0.1) is 0 Å². The Morgan fingerprint density at radius 1 is 1.07 bits per heavy atom. The Labute approximate surface area is 242 Å². The van der Waals surface area contributed by atoms with Crippen LogP contribution >= 0.6 is 0 Å². The van der Waals surface area contributed by atoms with Gasteiger partial charge in [-0.05, 0) is 61.9 Å². The van der Waals surface area contributed by atoms with Gasteiger partial charge in [-0.25, -0.2) is 0 Å². The molecule has 218 valence electrons. The Hall–Kier alpha value is -3.85. The van der Waals surface area contributed by atoms with Crippen LogP contribution in [-0.2, 0) is 16.0 Å². The lowest BCUT2D eigenvalue weighted by molar-refractivity contribution is -0.143. The first kappa shape index (κ1) is 30.1. The number of hydrogen-bond acceptors (Lipinski definition) is 8. The number of carbonyl (C=O) groups excluding carboxylic acids is 1. The summed E-state index contributed by atoms with van der Waals surface area (Å²) in [5.74, 6) is 1.34. The fourth-order valence-corrected chi connectivity index (χ4v) is 4.81. The van der Waals surface area contributed by atoms with Crippen molar-refractivity contribution in [2.45, 2.75) is 51.3 Å². The Morgan fingerprint density at radius 3 is 2.63 bits per heavy atom. The summed E-state index contributed by atoms with van der Waals surface area (Å²) < 4.78 is 17.3. The highest BCUT2D eigenvalue weighted by Crippen LogP contribution is 2.38. The van der Waals surface area contributed by atoms with E-state index in [2.05, 4.69) is 34.6 Å². The Bertz CT molecular complexity index is 1250. The molecule has 1 aliphatic heterocycles. The maximum Gasteiger partial charge on any atom is 0.305 e. The fraction of sp³-hybridized carbons (Fsp3) is 0.364. The molecule has 4 rings (SSSR count). The molecule has 8 heteroatoms. The van der Waals surface area contributed by atoms with Gasteiger partial charge < -0.3 is 30.1 Å². The summed E-state index contributed by atoms with van der Waals surface area (Å²) in [5.41, 5.74) is 12.4. The number of hydrogen-bond donors (Lipinski definition) is 3. The third kappa shape index (κ3) is 9.08. The van der Waals surface area contributed by atoms with E-state index >= 15 is 0 Å². The van der Waals surface area contributed by atoms with Gasteiger partial charge in [0.05, 0.1) is 25.4 Å². The molecule has 1 aliphatic rings. The quantitative estimate of drug-likeness (QED) is 0.0744. The highest BCUT2D eigenvalue weighted by atomic mass is 16.5. The number of anilines is 1. The van der Waals surface area contributed by atoms with E-state index in [-0.39, 0.29) is 5.97 Å². The fourth-order valence-electron chi connectivity index (χ4n) is 4.81. The molecule has 41 heavy (non-hydrogen) atoms. The van der Waals surface area contributed by atoms with Crippen LogP contribution in [0.3, 0.4) is 0 Å². The molecule has 0 spiro atoms. The van der Waals surface area contributed by atoms with Crippen molar-refractivity contribution in [3.63, 3.8) is 0 Å². The van der Waals surface area contributed by atoms with E-state index in [1.54, 1.807) is 6.92 Å². The van der Waals surface area contributed by atoms with Gasteiger partial charge >= 0.3 is 5.97 Å². The Kier molecular flexibility index (Phi) is 11.6. The lowest BCUT2D eigenvalue weighted by atomic mass is 10.1. The van der Waals surface area contributed by atoms with E-state index in [0.29, 0.717) is 44.9 Å². The smallest absolute Gasteiger partial charge is 0.305 e. The minimum Gasteiger partial charge on any atom is -0.494 e. The van der Waals surface area contributed by atoms with E-state index in [9.17, 15) is 10.0 Å². The van der Waals surface area contributed by atoms with Crippen molar-refractivity contribution >= 4 is 23.8 Å². The first-order chi connectivity index (χ1) is 20.1. The predicted octanol–water partition coefficient (Wildman–Crippen LogP) is 5.43. The number of carbonyl (C=O) groups is 1. The Morgan fingerprint density at radius 2 is 1.88 bits per heavy atom. The predicted molar refractivity (Wildman–Crippen MR) is 162 cm³/mol. The van der Waals surface area contributed by atoms with Gasteiger partial charge in [0.15, 0.2) is 0 Å². The van der Waals surface area contributed by atoms with Crippen molar-refractivity contribution in [1.82, 2.24) is 5.48 Å². The topological polar surface area (TPSA) is 106 Å². The molecule has 3 aromatic rings. The number of para-hydroxylation sites is 1. The summed E-state index contributed by atoms with van der Waals surface area (Å²) in [6.07, 6.45) is 6.93. The van der Waals surface area contributed by atoms with Gasteiger partial charge in [0, 0.05) is 18.5 Å². The molecule has 0 saturated carbocycles. The second-order valence-electron chi connectivity index (χ2n) is 10.1. The third-order valence-corrected chi connectivity index (χ3v) is 7.01. The third-order valence-electron chi connectivity index (χ3n) is 7.01. The van der Waals surface area contributed by atoms with Crippen molar-refractivity contribution in [3.8, 4) is 11.5 Å². The summed E-state index contributed by atoms with van der Waals surface area (Å²) in [6, 6.07) is 24.5. The van der Waals surface area contributed by atoms with Crippen LogP contribution in [0.25, 0.3) is 12.2 Å². The highest BCUT2D eigenvalue weighted by Gasteiger charge is 2.31. The number of nitrogens with zero attached hydrogens (tertiary/aromatic N) is 1. The van der Waals surface area contributed by atoms with Crippen molar-refractivity contribution in [2.24, 2.45) is 5.73 Å². The van der Waals surface area contributed by atoms with Crippen molar-refractivity contribution in [1.29, 1.82) is 0 Å². The maximum absolute atomic E-state index is 11.8. The molecule has 0 radical (unpaired) electrons. The van der Waals surface area contributed by atoms with Gasteiger partial charge in [-0.2, -0.15) is 5.48 Å². The van der Waals surface area contributed by atoms with Crippen LogP contribution in [0.5, 0.6) is 11.5 Å². The number of fused-ring (bicyclic) bond motifs is 1. The summed E-state index contributed by atoms with van der Waals surface area (Å²) in [5, 5.41) is 9.44. The standard InChI is InChI=1S/C33H41N3O5/c1-2-39-31(37)15-9-22-36-24-30(33(34)35-38)41-32-27(13-8-14-29(32)36)19-16-26-17-20-28(21-18-26)40-23-7-6-12-25-10-4-3-5-11-25/h3-5,8,10-11,13-14,16-21,30,33,35,38H,2,6-7,9,12,15,22-24,34H2,1H3. The average molecular weight is 560 g/mol. The number of nitrogens with two attached hydrogens (primary N) is 1. The number of nitrogens with one attached hydrogen (secondary N) is 1. The minimum atomic E-state index is -0.765. The number of ether oxygens (including phenoxy) is 3. The van der Waals surface area contributed by atoms with Gasteiger partial charge in [-0.15, -0.1) is 0 Å². The summed E-state index contributed by atoms with van der Waals surface area (Å²) in [6.45, 7) is 3.98. The first-order valence-corrected chi connectivity index (χ1v) is 14.4. The lowest BCUT2D eigenvalue weighted by Crippen LogP contribution is -2.55. The van der Waals surface area contributed by atoms with Gasteiger partial charge in [-0.1, -0.05) is 66.7 Å². The van der Waals surface area contributed by atoms with Crippen LogP contribution in [0.1, 0.15) is 49.3 Å². The summed E-state index contributed by atoms with van der Waals surface area (Å²) in [7, 11) is 0. The highest BCUT2D eigenvalue weighted by molar-refractivity contribution is 5.78. The minimum absolute atomic E-state index is 0.206. The van der Waals surface area contributed by atoms with Crippen LogP contribution in [0.15, 0.2) is 72.8 Å². The van der Waals surface area contributed by atoms with E-state index in [1.165, 1.54) is 5.56 Å². The SMILES string of the molecule is CCOC(=O)CCCN1CC(C(N)NO)Oc2c(C=Cc3ccc(OCCCCc4ccccc4)cc3)cccc21. The molecule has 0 aromatic heterocycles. The number of unbranched alkanes of at least 4 members (excludes halogenated alkanes) is 1. The molecule has 8 nitrogen and oxygen atoms in total. The number of aryl methyl sites for hydroxylation is 1. The molecule has 0 aliphatic carbocycles. The van der Waals surface area contributed by atoms with Crippen LogP contribution in [0.2, 0.25) is 0 Å². The Balaban J connectivity index is 1.36. The van der Waals surface area contributed by atoms with Gasteiger partial charge in [0.2, 0.25) is 0 Å². The van der Waals surface area contributed by atoms with E-state index < -0.39 is 12.3 Å². The molecule has 2 atom stereocenters. The van der Waals surface area contributed by atoms with Crippen LogP contribution < -0.4 is 25.6 Å². The number of hydroxylamine groups is 1. The number of rotatable bonds is 15. The molecule has 1 heterocycles. The molecular weight excluding hydrogens is 518 g/mol. The van der Waals surface area contributed by atoms with Crippen LogP contribution in [0.4, 0.5) is 5.69 Å². The zero-order valence-corrected chi connectivity index (χ0v) is 23.7. The van der Waals surface area contributed by atoms with Crippen molar-refractivity contribution in [2.75, 3.05) is 31.2 Å². The molecular formula is C33H41N3O5. The average Bonchev–Trinajstić information content (AvgIpc) is 3.00. The lowest BCUT2D eigenvalue weighted by Gasteiger charge is -2.38. The largest absolute Gasteiger partial charge is 0.494 e.